The molecule has 0 aliphatic carbocycles. The third kappa shape index (κ3) is 0.970. The second-order valence-corrected chi connectivity index (χ2v) is 3.05. The lowest BCUT2D eigenvalue weighted by molar-refractivity contribution is 0.182. The fraction of sp³-hybridized carbons (Fsp3) is 1.00. The van der Waals surface area contributed by atoms with E-state index in [9.17, 15) is 0 Å². The van der Waals surface area contributed by atoms with E-state index < -0.39 is 0 Å². The summed E-state index contributed by atoms with van der Waals surface area (Å²) in [5, 5.41) is 3.38. The maximum atomic E-state index is 5.35. The number of rotatable bonds is 0. The Morgan fingerprint density at radius 2 is 2.11 bits per heavy atom. The predicted octanol–water partition coefficient (Wildman–Crippen LogP) is 0.242. The minimum Gasteiger partial charge on any atom is -0.381 e. The molecule has 52 valence electrons. The van der Waals surface area contributed by atoms with Gasteiger partial charge in [0.05, 0.1) is 6.61 Å². The molecule has 2 aliphatic heterocycles. The van der Waals surface area contributed by atoms with Crippen molar-refractivity contribution < 1.29 is 4.74 Å². The Kier molecular flexibility index (Phi) is 1.44. The van der Waals surface area contributed by atoms with Crippen LogP contribution in [-0.2, 0) is 4.74 Å². The first kappa shape index (κ1) is 5.69. The molecule has 1 N–H and O–H groups in total. The number of fused-ring (bicyclic) bond motifs is 1. The van der Waals surface area contributed by atoms with Crippen LogP contribution in [0.4, 0.5) is 0 Å². The lowest BCUT2D eigenvalue weighted by Gasteiger charge is -2.23. The summed E-state index contributed by atoms with van der Waals surface area (Å²) in [7, 11) is 0. The van der Waals surface area contributed by atoms with Gasteiger partial charge < -0.3 is 10.1 Å². The summed E-state index contributed by atoms with van der Waals surface area (Å²) in [6, 6.07) is 0. The van der Waals surface area contributed by atoms with Crippen molar-refractivity contribution in [1.82, 2.24) is 5.32 Å². The van der Waals surface area contributed by atoms with Crippen molar-refractivity contribution in [2.24, 2.45) is 11.8 Å². The molecule has 0 radical (unpaired) electrons. The van der Waals surface area contributed by atoms with Gasteiger partial charge in [-0.05, 0) is 24.8 Å². The molecule has 2 fully saturated rings. The molecule has 0 aromatic carbocycles. The highest BCUT2D eigenvalue weighted by Gasteiger charge is 2.29. The zero-order valence-electron chi connectivity index (χ0n) is 5.60. The van der Waals surface area contributed by atoms with Gasteiger partial charge in [-0.15, -0.1) is 0 Å². The first-order chi connectivity index (χ1) is 4.47. The summed E-state index contributed by atoms with van der Waals surface area (Å²) in [5.74, 6) is 1.71. The normalized spacial score (nSPS) is 42.7. The zero-order chi connectivity index (χ0) is 6.10. The summed E-state index contributed by atoms with van der Waals surface area (Å²) in [5.41, 5.74) is 0. The predicted molar refractivity (Wildman–Crippen MR) is 35.3 cm³/mol. The van der Waals surface area contributed by atoms with Crippen LogP contribution < -0.4 is 5.32 Å². The Labute approximate surface area is 55.6 Å². The van der Waals surface area contributed by atoms with E-state index in [4.69, 9.17) is 4.74 Å². The van der Waals surface area contributed by atoms with E-state index in [1.807, 2.05) is 0 Å². The average molecular weight is 127 g/mol. The number of hydrogen-bond acceptors (Lipinski definition) is 2. The van der Waals surface area contributed by atoms with Crippen molar-refractivity contribution in [3.05, 3.63) is 0 Å². The molecule has 2 unspecified atom stereocenters. The molecule has 0 amide bonds. The van der Waals surface area contributed by atoms with Crippen LogP contribution in [0.5, 0.6) is 0 Å². The first-order valence-electron chi connectivity index (χ1n) is 3.75. The second-order valence-electron chi connectivity index (χ2n) is 3.05. The number of hydrogen-bond donors (Lipinski definition) is 1. The summed E-state index contributed by atoms with van der Waals surface area (Å²) >= 11 is 0. The minimum atomic E-state index is 0.832. The molecule has 2 heterocycles. The van der Waals surface area contributed by atoms with E-state index in [1.54, 1.807) is 0 Å². The van der Waals surface area contributed by atoms with Gasteiger partial charge >= 0.3 is 0 Å². The van der Waals surface area contributed by atoms with Gasteiger partial charge in [-0.1, -0.05) is 0 Å². The van der Waals surface area contributed by atoms with E-state index in [2.05, 4.69) is 5.32 Å². The highest BCUT2D eigenvalue weighted by atomic mass is 16.5. The van der Waals surface area contributed by atoms with Crippen LogP contribution in [0.15, 0.2) is 0 Å². The van der Waals surface area contributed by atoms with Crippen LogP contribution in [0.3, 0.4) is 0 Å². The highest BCUT2D eigenvalue weighted by molar-refractivity contribution is 4.81. The monoisotopic (exact) mass is 127 g/mol. The number of ether oxygens (including phenoxy) is 1. The largest absolute Gasteiger partial charge is 0.381 e. The van der Waals surface area contributed by atoms with Crippen molar-refractivity contribution in [2.75, 3.05) is 26.3 Å². The molecule has 0 aromatic heterocycles. The lowest BCUT2D eigenvalue weighted by atomic mass is 9.90. The fourth-order valence-electron chi connectivity index (χ4n) is 1.76. The third-order valence-corrected chi connectivity index (χ3v) is 2.43. The Hall–Kier alpha value is -0.0800. The molecule has 2 atom stereocenters. The molecule has 2 saturated heterocycles. The van der Waals surface area contributed by atoms with Crippen LogP contribution in [0, 0.1) is 11.8 Å². The van der Waals surface area contributed by atoms with Gasteiger partial charge in [0.1, 0.15) is 0 Å². The van der Waals surface area contributed by atoms with Crippen molar-refractivity contribution in [3.8, 4) is 0 Å². The van der Waals surface area contributed by atoms with E-state index in [0.717, 1.165) is 25.0 Å². The van der Waals surface area contributed by atoms with Gasteiger partial charge in [0.15, 0.2) is 0 Å². The van der Waals surface area contributed by atoms with Gasteiger partial charge in [-0.25, -0.2) is 0 Å². The standard InChI is InChI=1S/C7H13NO/c1-2-8-3-7-5-9-4-6(1)7/h6-8H,1-5H2. The van der Waals surface area contributed by atoms with Crippen LogP contribution in [0.2, 0.25) is 0 Å². The molecule has 0 spiro atoms. The average Bonchev–Trinajstić information content (AvgIpc) is 2.33. The van der Waals surface area contributed by atoms with Crippen molar-refractivity contribution in [2.45, 2.75) is 6.42 Å². The first-order valence-corrected chi connectivity index (χ1v) is 3.75. The van der Waals surface area contributed by atoms with Crippen molar-refractivity contribution in [3.63, 3.8) is 0 Å². The van der Waals surface area contributed by atoms with Gasteiger partial charge in [0, 0.05) is 13.2 Å². The third-order valence-electron chi connectivity index (χ3n) is 2.43. The van der Waals surface area contributed by atoms with Gasteiger partial charge in [-0.3, -0.25) is 0 Å². The number of nitrogens with one attached hydrogen (secondary N) is 1. The molecule has 2 rings (SSSR count). The smallest absolute Gasteiger partial charge is 0.0510 e. The summed E-state index contributed by atoms with van der Waals surface area (Å²) in [6.07, 6.45) is 1.32. The maximum absolute atomic E-state index is 5.35. The molecule has 9 heavy (non-hydrogen) atoms. The van der Waals surface area contributed by atoms with E-state index >= 15 is 0 Å². The molecule has 2 heteroatoms. The number of piperidine rings is 1. The fourth-order valence-corrected chi connectivity index (χ4v) is 1.76. The quantitative estimate of drug-likeness (QED) is 0.503. The van der Waals surface area contributed by atoms with E-state index in [1.165, 1.54) is 19.5 Å². The Morgan fingerprint density at radius 1 is 1.22 bits per heavy atom. The highest BCUT2D eigenvalue weighted by Crippen LogP contribution is 2.25. The van der Waals surface area contributed by atoms with Crippen molar-refractivity contribution >= 4 is 0 Å². The maximum Gasteiger partial charge on any atom is 0.0510 e. The van der Waals surface area contributed by atoms with Crippen molar-refractivity contribution in [1.29, 1.82) is 0 Å². The molecule has 2 aliphatic rings. The SMILES string of the molecule is C1CC2COCC2CN1. The van der Waals surface area contributed by atoms with E-state index in [-0.39, 0.29) is 0 Å². The summed E-state index contributed by atoms with van der Waals surface area (Å²) in [6.45, 7) is 4.40. The van der Waals surface area contributed by atoms with Crippen LogP contribution in [-0.4, -0.2) is 26.3 Å². The molecule has 0 bridgehead atoms. The van der Waals surface area contributed by atoms with E-state index in [0.29, 0.717) is 0 Å². The van der Waals surface area contributed by atoms with Crippen LogP contribution in [0.1, 0.15) is 6.42 Å². The van der Waals surface area contributed by atoms with Gasteiger partial charge in [0.25, 0.3) is 0 Å². The van der Waals surface area contributed by atoms with Gasteiger partial charge in [-0.2, -0.15) is 0 Å². The molecular weight excluding hydrogens is 114 g/mol. The molecule has 2 nitrogen and oxygen atoms in total. The molecule has 0 aromatic rings. The molecule has 0 saturated carbocycles. The summed E-state index contributed by atoms with van der Waals surface area (Å²) < 4.78 is 5.35. The van der Waals surface area contributed by atoms with Crippen LogP contribution >= 0.6 is 0 Å². The Balaban J connectivity index is 1.97. The zero-order valence-corrected chi connectivity index (χ0v) is 5.60. The topological polar surface area (TPSA) is 21.3 Å². The molecular formula is C7H13NO. The Bertz CT molecular complexity index is 93.1. The lowest BCUT2D eigenvalue weighted by Crippen LogP contribution is -2.35. The van der Waals surface area contributed by atoms with Crippen LogP contribution in [0.25, 0.3) is 0 Å². The minimum absolute atomic E-state index is 0.832. The Morgan fingerprint density at radius 3 is 3.00 bits per heavy atom. The van der Waals surface area contributed by atoms with Gasteiger partial charge in [0.2, 0.25) is 0 Å². The second kappa shape index (κ2) is 2.27. The summed E-state index contributed by atoms with van der Waals surface area (Å²) in [4.78, 5) is 0.